The SMILES string of the molecule is CCOc1cc(C=O)cc(Br)c1OC(C)C(C)O. The lowest BCUT2D eigenvalue weighted by atomic mass is 10.2. The minimum absolute atomic E-state index is 0.373. The van der Waals surface area contributed by atoms with Crippen molar-refractivity contribution in [1.29, 1.82) is 0 Å². The second-order valence-corrected chi connectivity index (χ2v) is 4.80. The Morgan fingerprint density at radius 3 is 2.61 bits per heavy atom. The molecule has 2 atom stereocenters. The van der Waals surface area contributed by atoms with E-state index in [0.29, 0.717) is 28.1 Å². The second kappa shape index (κ2) is 6.75. The van der Waals surface area contributed by atoms with Gasteiger partial charge in [-0.1, -0.05) is 0 Å². The Balaban J connectivity index is 3.11. The molecule has 2 unspecified atom stereocenters. The van der Waals surface area contributed by atoms with E-state index in [4.69, 9.17) is 9.47 Å². The Morgan fingerprint density at radius 1 is 1.44 bits per heavy atom. The maximum Gasteiger partial charge on any atom is 0.175 e. The summed E-state index contributed by atoms with van der Waals surface area (Å²) in [6, 6.07) is 3.27. The van der Waals surface area contributed by atoms with Crippen LogP contribution in [0.15, 0.2) is 16.6 Å². The van der Waals surface area contributed by atoms with Gasteiger partial charge in [0.25, 0.3) is 0 Å². The molecular formula is C13H17BrO4. The average molecular weight is 317 g/mol. The quantitative estimate of drug-likeness (QED) is 0.820. The van der Waals surface area contributed by atoms with Crippen molar-refractivity contribution in [3.05, 3.63) is 22.2 Å². The molecule has 0 aliphatic heterocycles. The Labute approximate surface area is 115 Å². The molecule has 0 heterocycles. The van der Waals surface area contributed by atoms with Gasteiger partial charge in [-0.05, 0) is 48.8 Å². The number of aldehydes is 1. The fraction of sp³-hybridized carbons (Fsp3) is 0.462. The van der Waals surface area contributed by atoms with Crippen molar-refractivity contribution in [2.75, 3.05) is 6.61 Å². The molecule has 5 heteroatoms. The highest BCUT2D eigenvalue weighted by molar-refractivity contribution is 9.10. The van der Waals surface area contributed by atoms with Crippen LogP contribution in [0.2, 0.25) is 0 Å². The lowest BCUT2D eigenvalue weighted by Gasteiger charge is -2.20. The molecule has 0 saturated carbocycles. The topological polar surface area (TPSA) is 55.8 Å². The molecular weight excluding hydrogens is 300 g/mol. The molecule has 0 fully saturated rings. The molecule has 1 aromatic rings. The smallest absolute Gasteiger partial charge is 0.175 e. The van der Waals surface area contributed by atoms with Crippen LogP contribution < -0.4 is 9.47 Å². The number of halogens is 1. The maximum absolute atomic E-state index is 10.8. The van der Waals surface area contributed by atoms with Crippen molar-refractivity contribution in [2.45, 2.75) is 33.0 Å². The van der Waals surface area contributed by atoms with E-state index in [2.05, 4.69) is 15.9 Å². The summed E-state index contributed by atoms with van der Waals surface area (Å²) < 4.78 is 11.7. The number of hydrogen-bond acceptors (Lipinski definition) is 4. The highest BCUT2D eigenvalue weighted by atomic mass is 79.9. The van der Waals surface area contributed by atoms with Gasteiger partial charge in [0.2, 0.25) is 0 Å². The third-order valence-corrected chi connectivity index (χ3v) is 3.04. The highest BCUT2D eigenvalue weighted by Gasteiger charge is 2.17. The standard InChI is InChI=1S/C13H17BrO4/c1-4-17-12-6-10(7-15)5-11(14)13(12)18-9(3)8(2)16/h5-9,16H,4H2,1-3H3. The van der Waals surface area contributed by atoms with Crippen LogP contribution in [-0.2, 0) is 0 Å². The number of carbonyl (C=O) groups excluding carboxylic acids is 1. The highest BCUT2D eigenvalue weighted by Crippen LogP contribution is 2.37. The van der Waals surface area contributed by atoms with Crippen molar-refractivity contribution in [1.82, 2.24) is 0 Å². The van der Waals surface area contributed by atoms with Crippen LogP contribution in [0.1, 0.15) is 31.1 Å². The fourth-order valence-electron chi connectivity index (χ4n) is 1.32. The van der Waals surface area contributed by atoms with E-state index in [1.54, 1.807) is 26.0 Å². The Kier molecular flexibility index (Phi) is 5.62. The van der Waals surface area contributed by atoms with E-state index in [9.17, 15) is 9.90 Å². The molecule has 0 amide bonds. The second-order valence-electron chi connectivity index (χ2n) is 3.94. The lowest BCUT2D eigenvalue weighted by molar-refractivity contribution is 0.0577. The van der Waals surface area contributed by atoms with Gasteiger partial charge in [-0.2, -0.15) is 0 Å². The van der Waals surface area contributed by atoms with E-state index in [1.165, 1.54) is 0 Å². The summed E-state index contributed by atoms with van der Waals surface area (Å²) in [5.74, 6) is 0.984. The molecule has 0 aliphatic carbocycles. The van der Waals surface area contributed by atoms with Gasteiger partial charge in [-0.15, -0.1) is 0 Å². The monoisotopic (exact) mass is 316 g/mol. The molecule has 4 nitrogen and oxygen atoms in total. The van der Waals surface area contributed by atoms with Gasteiger partial charge >= 0.3 is 0 Å². The summed E-state index contributed by atoms with van der Waals surface area (Å²) in [5.41, 5.74) is 0.502. The minimum Gasteiger partial charge on any atom is -0.490 e. The minimum atomic E-state index is -0.600. The molecule has 1 N–H and O–H groups in total. The first-order valence-electron chi connectivity index (χ1n) is 5.75. The van der Waals surface area contributed by atoms with Crippen LogP contribution in [0, 0.1) is 0 Å². The molecule has 0 aromatic heterocycles. The normalized spacial score (nSPS) is 13.8. The van der Waals surface area contributed by atoms with Gasteiger partial charge in [0.1, 0.15) is 12.4 Å². The van der Waals surface area contributed by atoms with Crippen LogP contribution in [0.4, 0.5) is 0 Å². The fourth-order valence-corrected chi connectivity index (χ4v) is 1.87. The molecule has 0 bridgehead atoms. The van der Waals surface area contributed by atoms with Crippen molar-refractivity contribution in [3.63, 3.8) is 0 Å². The number of hydrogen-bond donors (Lipinski definition) is 1. The summed E-state index contributed by atoms with van der Waals surface area (Å²) in [6.07, 6.45) is -0.227. The van der Waals surface area contributed by atoms with Gasteiger partial charge in [0.05, 0.1) is 17.2 Å². The number of aliphatic hydroxyl groups is 1. The van der Waals surface area contributed by atoms with Crippen LogP contribution in [0.5, 0.6) is 11.5 Å². The number of carbonyl (C=O) groups is 1. The average Bonchev–Trinajstić information content (AvgIpc) is 2.32. The third kappa shape index (κ3) is 3.71. The number of ether oxygens (including phenoxy) is 2. The van der Waals surface area contributed by atoms with Gasteiger partial charge in [-0.25, -0.2) is 0 Å². The first-order chi connectivity index (χ1) is 8.49. The number of aliphatic hydroxyl groups excluding tert-OH is 1. The first kappa shape index (κ1) is 15.0. The Hall–Kier alpha value is -1.07. The van der Waals surface area contributed by atoms with Crippen LogP contribution in [0.3, 0.4) is 0 Å². The Morgan fingerprint density at radius 2 is 2.11 bits per heavy atom. The first-order valence-corrected chi connectivity index (χ1v) is 6.55. The third-order valence-electron chi connectivity index (χ3n) is 2.45. The van der Waals surface area contributed by atoms with Gasteiger partial charge in [0, 0.05) is 5.56 Å². The van der Waals surface area contributed by atoms with Crippen molar-refractivity contribution in [3.8, 4) is 11.5 Å². The number of rotatable bonds is 6. The molecule has 18 heavy (non-hydrogen) atoms. The summed E-state index contributed by atoms with van der Waals surface area (Å²) in [7, 11) is 0. The molecule has 0 spiro atoms. The largest absolute Gasteiger partial charge is 0.490 e. The van der Waals surface area contributed by atoms with E-state index in [1.807, 2.05) is 6.92 Å². The molecule has 100 valence electrons. The summed E-state index contributed by atoms with van der Waals surface area (Å²) in [4.78, 5) is 10.8. The molecule has 0 aliphatic rings. The van der Waals surface area contributed by atoms with Crippen molar-refractivity contribution < 1.29 is 19.4 Å². The lowest BCUT2D eigenvalue weighted by Crippen LogP contribution is -2.26. The van der Waals surface area contributed by atoms with Crippen LogP contribution in [-0.4, -0.2) is 30.2 Å². The van der Waals surface area contributed by atoms with Gasteiger partial charge < -0.3 is 14.6 Å². The predicted octanol–water partition coefficient (Wildman–Crippen LogP) is 2.81. The predicted molar refractivity (Wildman–Crippen MR) is 72.5 cm³/mol. The van der Waals surface area contributed by atoms with Crippen molar-refractivity contribution >= 4 is 22.2 Å². The van der Waals surface area contributed by atoms with E-state index in [0.717, 1.165) is 6.29 Å². The molecule has 0 radical (unpaired) electrons. The molecule has 1 aromatic carbocycles. The number of benzene rings is 1. The van der Waals surface area contributed by atoms with E-state index in [-0.39, 0.29) is 6.10 Å². The summed E-state index contributed by atoms with van der Waals surface area (Å²) in [6.45, 7) is 5.73. The summed E-state index contributed by atoms with van der Waals surface area (Å²) in [5, 5.41) is 9.46. The van der Waals surface area contributed by atoms with Gasteiger partial charge in [-0.3, -0.25) is 4.79 Å². The van der Waals surface area contributed by atoms with E-state index < -0.39 is 6.10 Å². The van der Waals surface area contributed by atoms with Crippen LogP contribution >= 0.6 is 15.9 Å². The van der Waals surface area contributed by atoms with E-state index >= 15 is 0 Å². The zero-order valence-electron chi connectivity index (χ0n) is 10.6. The van der Waals surface area contributed by atoms with Crippen molar-refractivity contribution in [2.24, 2.45) is 0 Å². The molecule has 1 rings (SSSR count). The molecule has 0 saturated heterocycles. The summed E-state index contributed by atoms with van der Waals surface area (Å²) >= 11 is 3.34. The van der Waals surface area contributed by atoms with Gasteiger partial charge in [0.15, 0.2) is 11.5 Å². The zero-order valence-corrected chi connectivity index (χ0v) is 12.2. The van der Waals surface area contributed by atoms with Crippen LogP contribution in [0.25, 0.3) is 0 Å². The zero-order chi connectivity index (χ0) is 13.7. The maximum atomic E-state index is 10.8. The Bertz CT molecular complexity index is 418.